The summed E-state index contributed by atoms with van der Waals surface area (Å²) in [4.78, 5) is 14.6. The minimum absolute atomic E-state index is 0. The lowest BCUT2D eigenvalue weighted by molar-refractivity contribution is 0.0699. The highest BCUT2D eigenvalue weighted by molar-refractivity contribution is 5.93. The summed E-state index contributed by atoms with van der Waals surface area (Å²) >= 11 is 0. The van der Waals surface area contributed by atoms with Gasteiger partial charge in [0, 0.05) is 24.7 Å². The fourth-order valence-corrected chi connectivity index (χ4v) is 3.30. The molecule has 0 unspecified atom stereocenters. The average molecular weight is 361 g/mol. The number of hydrogen-bond acceptors (Lipinski definition) is 3. The fraction of sp³-hybridized carbons (Fsp3) is 0.474. The molecule has 1 aliphatic carbocycles. The summed E-state index contributed by atoms with van der Waals surface area (Å²) in [7, 11) is 0. The molecule has 5 nitrogen and oxygen atoms in total. The van der Waals surface area contributed by atoms with Gasteiger partial charge in [0.25, 0.3) is 5.91 Å². The maximum atomic E-state index is 12.7. The van der Waals surface area contributed by atoms with E-state index in [1.54, 1.807) is 0 Å². The van der Waals surface area contributed by atoms with Gasteiger partial charge in [-0.1, -0.05) is 30.3 Å². The standard InChI is InChI=1S/C19H24N4O.ClH/c24-19(18-12-17(21-22-18)15-4-2-1-3-5-15)23-10-8-16(9-11-23)20-13-14-6-7-14;/h1-5,12,14,16,20H,6-11,13H2,(H,21,22);1H. The number of nitrogens with zero attached hydrogens (tertiary/aromatic N) is 2. The molecule has 134 valence electrons. The van der Waals surface area contributed by atoms with Crippen LogP contribution in [0.4, 0.5) is 0 Å². The summed E-state index contributed by atoms with van der Waals surface area (Å²) in [6.07, 6.45) is 4.85. The molecule has 0 atom stereocenters. The van der Waals surface area contributed by atoms with Crippen molar-refractivity contribution in [3.05, 3.63) is 42.1 Å². The van der Waals surface area contributed by atoms with Gasteiger partial charge in [-0.3, -0.25) is 9.89 Å². The summed E-state index contributed by atoms with van der Waals surface area (Å²) in [6.45, 7) is 2.79. The number of benzene rings is 1. The normalized spacial score (nSPS) is 18.0. The topological polar surface area (TPSA) is 61.0 Å². The molecular weight excluding hydrogens is 336 g/mol. The van der Waals surface area contributed by atoms with E-state index in [1.807, 2.05) is 41.3 Å². The molecule has 1 saturated heterocycles. The first-order chi connectivity index (χ1) is 11.8. The van der Waals surface area contributed by atoms with E-state index in [9.17, 15) is 4.79 Å². The number of carbonyl (C=O) groups is 1. The van der Waals surface area contributed by atoms with Gasteiger partial charge in [-0.05, 0) is 44.2 Å². The third kappa shape index (κ3) is 4.41. The van der Waals surface area contributed by atoms with Gasteiger partial charge in [-0.25, -0.2) is 0 Å². The van der Waals surface area contributed by atoms with Gasteiger partial charge in [-0.2, -0.15) is 5.10 Å². The Bertz CT molecular complexity index is 690. The molecule has 0 bridgehead atoms. The zero-order valence-electron chi connectivity index (χ0n) is 14.3. The lowest BCUT2D eigenvalue weighted by Crippen LogP contribution is -2.45. The van der Waals surface area contributed by atoms with Gasteiger partial charge < -0.3 is 10.2 Å². The molecule has 4 rings (SSSR count). The maximum Gasteiger partial charge on any atom is 0.271 e. The van der Waals surface area contributed by atoms with Crippen LogP contribution in [-0.4, -0.2) is 46.7 Å². The van der Waals surface area contributed by atoms with Crippen LogP contribution in [0.2, 0.25) is 0 Å². The lowest BCUT2D eigenvalue weighted by atomic mass is 10.0. The number of amides is 1. The third-order valence-electron chi connectivity index (χ3n) is 5.05. The first-order valence-electron chi connectivity index (χ1n) is 8.93. The molecular formula is C19H25ClN4O. The first-order valence-corrected chi connectivity index (χ1v) is 8.93. The first kappa shape index (κ1) is 18.0. The second-order valence-corrected chi connectivity index (χ2v) is 6.95. The number of likely N-dealkylation sites (tertiary alicyclic amines) is 1. The third-order valence-corrected chi connectivity index (χ3v) is 5.05. The molecule has 1 aromatic heterocycles. The molecule has 6 heteroatoms. The Hall–Kier alpha value is -1.85. The van der Waals surface area contributed by atoms with Crippen LogP contribution >= 0.6 is 12.4 Å². The van der Waals surface area contributed by atoms with Crippen molar-refractivity contribution in [2.24, 2.45) is 5.92 Å². The summed E-state index contributed by atoms with van der Waals surface area (Å²) in [5.74, 6) is 0.969. The van der Waals surface area contributed by atoms with Crippen molar-refractivity contribution in [1.82, 2.24) is 20.4 Å². The van der Waals surface area contributed by atoms with Crippen LogP contribution in [0.15, 0.2) is 36.4 Å². The molecule has 0 spiro atoms. The van der Waals surface area contributed by atoms with Crippen molar-refractivity contribution >= 4 is 18.3 Å². The molecule has 2 heterocycles. The summed E-state index contributed by atoms with van der Waals surface area (Å²) in [5, 5.41) is 10.8. The van der Waals surface area contributed by atoms with E-state index in [0.717, 1.165) is 49.7 Å². The van der Waals surface area contributed by atoms with E-state index >= 15 is 0 Å². The number of aromatic amines is 1. The van der Waals surface area contributed by atoms with Crippen LogP contribution in [0.5, 0.6) is 0 Å². The van der Waals surface area contributed by atoms with Gasteiger partial charge in [-0.15, -0.1) is 12.4 Å². The maximum absolute atomic E-state index is 12.7. The number of H-pyrrole nitrogens is 1. The van der Waals surface area contributed by atoms with E-state index < -0.39 is 0 Å². The van der Waals surface area contributed by atoms with Crippen molar-refractivity contribution in [2.45, 2.75) is 31.7 Å². The highest BCUT2D eigenvalue weighted by atomic mass is 35.5. The molecule has 2 N–H and O–H groups in total. The molecule has 2 aromatic rings. The number of rotatable bonds is 5. The zero-order chi connectivity index (χ0) is 16.4. The highest BCUT2D eigenvalue weighted by Crippen LogP contribution is 2.28. The smallest absolute Gasteiger partial charge is 0.271 e. The summed E-state index contributed by atoms with van der Waals surface area (Å²) < 4.78 is 0. The number of aromatic nitrogens is 2. The largest absolute Gasteiger partial charge is 0.337 e. The second-order valence-electron chi connectivity index (χ2n) is 6.95. The van der Waals surface area contributed by atoms with Crippen molar-refractivity contribution in [3.63, 3.8) is 0 Å². The molecule has 2 fully saturated rings. The van der Waals surface area contributed by atoms with Gasteiger partial charge in [0.2, 0.25) is 0 Å². The Kier molecular flexibility index (Phi) is 5.76. The van der Waals surface area contributed by atoms with Crippen molar-refractivity contribution in [1.29, 1.82) is 0 Å². The summed E-state index contributed by atoms with van der Waals surface area (Å²) in [5.41, 5.74) is 2.42. The number of piperidine rings is 1. The van der Waals surface area contributed by atoms with Crippen LogP contribution in [0.3, 0.4) is 0 Å². The Balaban J connectivity index is 0.00000182. The Labute approximate surface area is 154 Å². The molecule has 2 aliphatic rings. The van der Waals surface area contributed by atoms with Crippen molar-refractivity contribution < 1.29 is 4.79 Å². The minimum atomic E-state index is 0. The molecule has 1 saturated carbocycles. The fourth-order valence-electron chi connectivity index (χ4n) is 3.30. The van der Waals surface area contributed by atoms with Crippen molar-refractivity contribution in [2.75, 3.05) is 19.6 Å². The van der Waals surface area contributed by atoms with Gasteiger partial charge in [0.05, 0.1) is 5.69 Å². The SMILES string of the molecule is Cl.O=C(c1cc(-c2ccccc2)n[nH]1)N1CCC(NCC2CC2)CC1. The van der Waals surface area contributed by atoms with Crippen molar-refractivity contribution in [3.8, 4) is 11.3 Å². The van der Waals surface area contributed by atoms with E-state index in [0.29, 0.717) is 11.7 Å². The lowest BCUT2D eigenvalue weighted by Gasteiger charge is -2.32. The van der Waals surface area contributed by atoms with E-state index in [-0.39, 0.29) is 18.3 Å². The van der Waals surface area contributed by atoms with E-state index in [2.05, 4.69) is 15.5 Å². The number of carbonyl (C=O) groups excluding carboxylic acids is 1. The number of hydrogen-bond donors (Lipinski definition) is 2. The van der Waals surface area contributed by atoms with Crippen LogP contribution < -0.4 is 5.32 Å². The van der Waals surface area contributed by atoms with Gasteiger partial charge >= 0.3 is 0 Å². The van der Waals surface area contributed by atoms with Crippen LogP contribution in [0, 0.1) is 5.92 Å². The molecule has 1 aliphatic heterocycles. The molecule has 1 amide bonds. The Morgan fingerprint density at radius 1 is 1.16 bits per heavy atom. The monoisotopic (exact) mass is 360 g/mol. The highest BCUT2D eigenvalue weighted by Gasteiger charge is 2.27. The molecule has 1 aromatic carbocycles. The molecule has 25 heavy (non-hydrogen) atoms. The van der Waals surface area contributed by atoms with Gasteiger partial charge in [0.15, 0.2) is 0 Å². The molecule has 0 radical (unpaired) electrons. The predicted octanol–water partition coefficient (Wildman–Crippen LogP) is 3.10. The predicted molar refractivity (Wildman–Crippen MR) is 101 cm³/mol. The summed E-state index contributed by atoms with van der Waals surface area (Å²) in [6, 6.07) is 12.4. The van der Waals surface area contributed by atoms with E-state index in [4.69, 9.17) is 0 Å². The second kappa shape index (κ2) is 8.02. The van der Waals surface area contributed by atoms with Gasteiger partial charge in [0.1, 0.15) is 5.69 Å². The van der Waals surface area contributed by atoms with Crippen LogP contribution in [0.1, 0.15) is 36.2 Å². The Morgan fingerprint density at radius 3 is 2.56 bits per heavy atom. The van der Waals surface area contributed by atoms with E-state index in [1.165, 1.54) is 12.8 Å². The quantitative estimate of drug-likeness (QED) is 0.861. The van der Waals surface area contributed by atoms with Crippen LogP contribution in [0.25, 0.3) is 11.3 Å². The Morgan fingerprint density at radius 2 is 1.88 bits per heavy atom. The number of halogens is 1. The average Bonchev–Trinajstić information content (AvgIpc) is 3.34. The number of nitrogens with one attached hydrogen (secondary N) is 2. The van der Waals surface area contributed by atoms with Crippen LogP contribution in [-0.2, 0) is 0 Å². The minimum Gasteiger partial charge on any atom is -0.337 e. The zero-order valence-corrected chi connectivity index (χ0v) is 15.1.